The largest absolute Gasteiger partial charge is 0.488 e. The van der Waals surface area contributed by atoms with Gasteiger partial charge in [-0.2, -0.15) is 10.1 Å². The van der Waals surface area contributed by atoms with Crippen LogP contribution in [-0.4, -0.2) is 23.0 Å². The Morgan fingerprint density at radius 3 is 2.45 bits per heavy atom. The van der Waals surface area contributed by atoms with Crippen LogP contribution in [-0.2, 0) is 16.2 Å². The van der Waals surface area contributed by atoms with Gasteiger partial charge < -0.3 is 4.74 Å². The Balaban J connectivity index is 1.16. The van der Waals surface area contributed by atoms with Gasteiger partial charge in [-0.25, -0.2) is 0 Å². The zero-order valence-electron chi connectivity index (χ0n) is 17.7. The lowest BCUT2D eigenvalue weighted by Crippen LogP contribution is -2.28. The summed E-state index contributed by atoms with van der Waals surface area (Å²) < 4.78 is 6.84. The number of imide groups is 1. The second kappa shape index (κ2) is 7.96. The number of hydrogen-bond acceptors (Lipinski definition) is 4. The molecule has 2 fully saturated rings. The van der Waals surface area contributed by atoms with E-state index in [2.05, 4.69) is 57.4 Å². The second-order valence-corrected chi connectivity index (χ2v) is 9.70. The number of allylic oxidation sites excluding steroid dienone is 2. The molecule has 1 aliphatic heterocycles. The average molecular weight is 501 g/mol. The highest BCUT2D eigenvalue weighted by Crippen LogP contribution is 2.52. The lowest BCUT2D eigenvalue weighted by atomic mass is 9.85. The van der Waals surface area contributed by atoms with Gasteiger partial charge in [0.05, 0.1) is 22.5 Å². The van der Waals surface area contributed by atoms with Crippen molar-refractivity contribution in [3.8, 4) is 5.75 Å². The lowest BCUT2D eigenvalue weighted by Gasteiger charge is -2.13. The van der Waals surface area contributed by atoms with Crippen LogP contribution < -0.4 is 4.74 Å². The van der Waals surface area contributed by atoms with Crippen molar-refractivity contribution in [1.82, 2.24) is 5.01 Å². The third kappa shape index (κ3) is 3.40. The van der Waals surface area contributed by atoms with Crippen LogP contribution in [0.2, 0.25) is 0 Å². The third-order valence-electron chi connectivity index (χ3n) is 6.99. The fourth-order valence-electron chi connectivity index (χ4n) is 5.41. The van der Waals surface area contributed by atoms with Crippen molar-refractivity contribution in [1.29, 1.82) is 0 Å². The highest BCUT2D eigenvalue weighted by molar-refractivity contribution is 9.10. The van der Waals surface area contributed by atoms with E-state index in [1.807, 2.05) is 36.4 Å². The molecule has 0 unspecified atom stereocenters. The number of benzene rings is 3. The van der Waals surface area contributed by atoms with E-state index in [0.29, 0.717) is 12.4 Å². The number of hydrogen-bond donors (Lipinski definition) is 0. The molecule has 164 valence electrons. The number of nitrogens with zero attached hydrogens (tertiary/aromatic N) is 2. The summed E-state index contributed by atoms with van der Waals surface area (Å²) in [6, 6.07) is 20.0. The molecule has 1 saturated heterocycles. The van der Waals surface area contributed by atoms with Crippen LogP contribution in [0.5, 0.6) is 5.75 Å². The minimum absolute atomic E-state index is 0.174. The van der Waals surface area contributed by atoms with E-state index >= 15 is 0 Å². The number of amides is 2. The summed E-state index contributed by atoms with van der Waals surface area (Å²) in [5, 5.41) is 7.68. The first-order valence-electron chi connectivity index (χ1n) is 11.1. The maximum atomic E-state index is 12.8. The maximum absolute atomic E-state index is 12.8. The van der Waals surface area contributed by atoms with Gasteiger partial charge in [0.15, 0.2) is 0 Å². The summed E-state index contributed by atoms with van der Waals surface area (Å²) in [5.74, 6) is 0.264. The van der Waals surface area contributed by atoms with Crippen LogP contribution in [0.4, 0.5) is 0 Å². The summed E-state index contributed by atoms with van der Waals surface area (Å²) in [4.78, 5) is 25.5. The molecule has 0 N–H and O–H groups in total. The molecule has 33 heavy (non-hydrogen) atoms. The van der Waals surface area contributed by atoms with Gasteiger partial charge in [0.2, 0.25) is 0 Å². The van der Waals surface area contributed by atoms with Crippen LogP contribution in [0.1, 0.15) is 17.5 Å². The molecule has 3 aromatic carbocycles. The zero-order valence-corrected chi connectivity index (χ0v) is 19.3. The molecule has 5 nitrogen and oxygen atoms in total. The third-order valence-corrected chi connectivity index (χ3v) is 7.61. The smallest absolute Gasteiger partial charge is 0.254 e. The van der Waals surface area contributed by atoms with E-state index in [-0.39, 0.29) is 35.5 Å². The molecule has 6 rings (SSSR count). The minimum Gasteiger partial charge on any atom is -0.488 e. The quantitative estimate of drug-likeness (QED) is 0.270. The van der Waals surface area contributed by atoms with E-state index in [1.54, 1.807) is 6.21 Å². The van der Waals surface area contributed by atoms with Crippen LogP contribution in [0, 0.1) is 23.7 Å². The summed E-state index contributed by atoms with van der Waals surface area (Å²) in [6.07, 6.45) is 6.64. The Hall–Kier alpha value is -3.25. The lowest BCUT2D eigenvalue weighted by molar-refractivity contribution is -0.140. The molecular weight excluding hydrogens is 480 g/mol. The molecule has 2 aliphatic carbocycles. The predicted molar refractivity (Wildman–Crippen MR) is 130 cm³/mol. The van der Waals surface area contributed by atoms with Gasteiger partial charge >= 0.3 is 0 Å². The highest BCUT2D eigenvalue weighted by Gasteiger charge is 2.59. The Bertz CT molecular complexity index is 1310. The molecule has 0 spiro atoms. The Morgan fingerprint density at radius 2 is 1.70 bits per heavy atom. The number of ether oxygens (including phenoxy) is 1. The standard InChI is InChI=1S/C27H21BrN2O3/c28-22-12-16(14-29-30-26(31)24-18-9-10-19(13-18)25(24)27(30)32)8-11-23(22)33-15-20-6-3-5-17-4-1-2-7-21(17)20/h1-12,14,18-19,24-25H,13,15H2/b29-14-/t18-,19-,24+,25+/m0/s1. The van der Waals surface area contributed by atoms with E-state index in [4.69, 9.17) is 4.74 Å². The molecular formula is C27H21BrN2O3. The second-order valence-electron chi connectivity index (χ2n) is 8.85. The van der Waals surface area contributed by atoms with Gasteiger partial charge in [0.25, 0.3) is 11.8 Å². The topological polar surface area (TPSA) is 59.0 Å². The number of carbonyl (C=O) groups is 2. The van der Waals surface area contributed by atoms with Gasteiger partial charge in [-0.1, -0.05) is 54.6 Å². The Kier molecular flexibility index (Phi) is 4.91. The number of rotatable bonds is 5. The molecule has 4 atom stereocenters. The van der Waals surface area contributed by atoms with Crippen LogP contribution in [0.15, 0.2) is 82.4 Å². The van der Waals surface area contributed by atoms with E-state index in [9.17, 15) is 9.59 Å². The SMILES string of the molecule is O=C1[C@H]2[C@H](C(=O)N1/N=C\c1ccc(OCc3cccc4ccccc34)c(Br)c1)[C@H]1C=C[C@H]2C1. The van der Waals surface area contributed by atoms with E-state index in [0.717, 1.165) is 27.0 Å². The molecule has 2 bridgehead atoms. The summed E-state index contributed by atoms with van der Waals surface area (Å²) in [6.45, 7) is 0.448. The van der Waals surface area contributed by atoms with Crippen molar-refractivity contribution in [3.63, 3.8) is 0 Å². The van der Waals surface area contributed by atoms with Gasteiger partial charge in [-0.05, 0) is 74.3 Å². The van der Waals surface area contributed by atoms with Crippen LogP contribution in [0.3, 0.4) is 0 Å². The van der Waals surface area contributed by atoms with Gasteiger partial charge in [-0.3, -0.25) is 9.59 Å². The van der Waals surface area contributed by atoms with E-state index in [1.165, 1.54) is 10.8 Å². The first-order valence-corrected chi connectivity index (χ1v) is 11.9. The fourth-order valence-corrected chi connectivity index (χ4v) is 5.92. The number of halogens is 1. The normalized spacial score (nSPS) is 25.5. The average Bonchev–Trinajstić information content (AvgIpc) is 3.51. The van der Waals surface area contributed by atoms with E-state index < -0.39 is 0 Å². The molecule has 2 amide bonds. The van der Waals surface area contributed by atoms with Crippen molar-refractivity contribution < 1.29 is 14.3 Å². The summed E-state index contributed by atoms with van der Waals surface area (Å²) in [5.41, 5.74) is 1.89. The van der Waals surface area contributed by atoms with Gasteiger partial charge in [-0.15, -0.1) is 0 Å². The Morgan fingerprint density at radius 1 is 0.970 bits per heavy atom. The molecule has 0 aromatic heterocycles. The van der Waals surface area contributed by atoms with Gasteiger partial charge in [0.1, 0.15) is 12.4 Å². The van der Waals surface area contributed by atoms with Crippen LogP contribution in [0.25, 0.3) is 10.8 Å². The fraction of sp³-hybridized carbons (Fsp3) is 0.222. The van der Waals surface area contributed by atoms with Crippen molar-refractivity contribution in [3.05, 3.63) is 88.4 Å². The molecule has 3 aliphatic rings. The molecule has 0 radical (unpaired) electrons. The first kappa shape index (κ1) is 20.4. The monoisotopic (exact) mass is 500 g/mol. The number of hydrazone groups is 1. The molecule has 1 saturated carbocycles. The van der Waals surface area contributed by atoms with Crippen LogP contribution >= 0.6 is 15.9 Å². The number of carbonyl (C=O) groups excluding carboxylic acids is 2. The molecule has 1 heterocycles. The number of fused-ring (bicyclic) bond motifs is 6. The predicted octanol–water partition coefficient (Wildman–Crippen LogP) is 5.32. The van der Waals surface area contributed by atoms with Crippen molar-refractivity contribution in [2.24, 2.45) is 28.8 Å². The summed E-state index contributed by atoms with van der Waals surface area (Å²) >= 11 is 3.57. The van der Waals surface area contributed by atoms with Crippen molar-refractivity contribution in [2.45, 2.75) is 13.0 Å². The van der Waals surface area contributed by atoms with Crippen molar-refractivity contribution >= 4 is 44.7 Å². The molecule has 3 aromatic rings. The van der Waals surface area contributed by atoms with Crippen molar-refractivity contribution in [2.75, 3.05) is 0 Å². The zero-order chi connectivity index (χ0) is 22.5. The maximum Gasteiger partial charge on any atom is 0.254 e. The minimum atomic E-state index is -0.235. The first-order chi connectivity index (χ1) is 16.1. The molecule has 6 heteroatoms. The highest BCUT2D eigenvalue weighted by atomic mass is 79.9. The van der Waals surface area contributed by atoms with Gasteiger partial charge in [0, 0.05) is 0 Å². The summed E-state index contributed by atoms with van der Waals surface area (Å²) in [7, 11) is 0. The Labute approximate surface area is 199 Å².